The van der Waals surface area contributed by atoms with Crippen LogP contribution in [0.3, 0.4) is 0 Å². The van der Waals surface area contributed by atoms with E-state index in [0.717, 1.165) is 11.3 Å². The Kier molecular flexibility index (Phi) is 5.51. The van der Waals surface area contributed by atoms with Crippen molar-refractivity contribution in [3.05, 3.63) is 63.6 Å². The van der Waals surface area contributed by atoms with Crippen molar-refractivity contribution in [3.63, 3.8) is 0 Å². The third-order valence-corrected chi connectivity index (χ3v) is 4.40. The van der Waals surface area contributed by atoms with Crippen LogP contribution < -0.4 is 10.1 Å². The summed E-state index contributed by atoms with van der Waals surface area (Å²) in [6.07, 6.45) is 0. The lowest BCUT2D eigenvalue weighted by Gasteiger charge is -2.22. The monoisotopic (exact) mass is 323 g/mol. The van der Waals surface area contributed by atoms with Crippen LogP contribution in [0.2, 0.25) is 10.0 Å². The highest BCUT2D eigenvalue weighted by molar-refractivity contribution is 6.42. The van der Waals surface area contributed by atoms with Crippen molar-refractivity contribution in [3.8, 4) is 5.75 Å². The van der Waals surface area contributed by atoms with Crippen molar-refractivity contribution in [2.24, 2.45) is 0 Å². The summed E-state index contributed by atoms with van der Waals surface area (Å²) in [6, 6.07) is 14.1. The number of ether oxygens (including phenoxy) is 1. The summed E-state index contributed by atoms with van der Waals surface area (Å²) in [6.45, 7) is 4.20. The molecule has 0 fully saturated rings. The van der Waals surface area contributed by atoms with E-state index < -0.39 is 0 Å². The molecule has 0 aliphatic rings. The van der Waals surface area contributed by atoms with Crippen molar-refractivity contribution in [2.75, 3.05) is 7.11 Å². The van der Waals surface area contributed by atoms with Crippen LogP contribution in [0.25, 0.3) is 0 Å². The molecule has 2 aromatic carbocycles. The fourth-order valence-corrected chi connectivity index (χ4v) is 2.78. The smallest absolute Gasteiger partial charge is 0.118 e. The van der Waals surface area contributed by atoms with Gasteiger partial charge in [-0.15, -0.1) is 0 Å². The van der Waals surface area contributed by atoms with Crippen LogP contribution in [0.15, 0.2) is 42.5 Å². The Bertz CT molecular complexity index is 598. The second kappa shape index (κ2) is 7.17. The van der Waals surface area contributed by atoms with E-state index in [4.69, 9.17) is 27.9 Å². The van der Waals surface area contributed by atoms with Gasteiger partial charge in [-0.25, -0.2) is 0 Å². The molecule has 2 atom stereocenters. The normalized spacial score (nSPS) is 13.8. The van der Waals surface area contributed by atoms with Crippen LogP contribution >= 0.6 is 23.2 Å². The molecule has 0 saturated carbocycles. The highest BCUT2D eigenvalue weighted by atomic mass is 35.5. The van der Waals surface area contributed by atoms with E-state index in [1.54, 1.807) is 13.2 Å². The molecule has 2 nitrogen and oxygen atoms in total. The lowest BCUT2D eigenvalue weighted by atomic mass is 10.0. The Morgan fingerprint density at radius 3 is 2.24 bits per heavy atom. The molecule has 2 rings (SSSR count). The predicted molar refractivity (Wildman–Crippen MR) is 89.4 cm³/mol. The van der Waals surface area contributed by atoms with Gasteiger partial charge >= 0.3 is 0 Å². The first-order chi connectivity index (χ1) is 10.0. The van der Waals surface area contributed by atoms with E-state index in [2.05, 4.69) is 31.3 Å². The molecule has 1 unspecified atom stereocenters. The van der Waals surface area contributed by atoms with Crippen molar-refractivity contribution in [1.29, 1.82) is 0 Å². The van der Waals surface area contributed by atoms with Gasteiger partial charge in [-0.2, -0.15) is 0 Å². The van der Waals surface area contributed by atoms with E-state index in [1.807, 2.05) is 24.3 Å². The lowest BCUT2D eigenvalue weighted by Crippen LogP contribution is -2.22. The predicted octanol–water partition coefficient (Wildman–Crippen LogP) is 5.41. The second-order valence-electron chi connectivity index (χ2n) is 5.03. The molecule has 0 aliphatic carbocycles. The summed E-state index contributed by atoms with van der Waals surface area (Å²) >= 11 is 12.3. The molecule has 21 heavy (non-hydrogen) atoms. The molecular weight excluding hydrogens is 305 g/mol. The first-order valence-corrected chi connectivity index (χ1v) is 7.62. The number of nitrogens with one attached hydrogen (secondary N) is 1. The summed E-state index contributed by atoms with van der Waals surface area (Å²) in [7, 11) is 1.67. The van der Waals surface area contributed by atoms with Gasteiger partial charge in [0.25, 0.3) is 0 Å². The summed E-state index contributed by atoms with van der Waals surface area (Å²) in [4.78, 5) is 0. The number of hydrogen-bond donors (Lipinski definition) is 1. The van der Waals surface area contributed by atoms with Crippen LogP contribution in [0, 0.1) is 0 Å². The maximum atomic E-state index is 6.27. The van der Waals surface area contributed by atoms with E-state index in [0.29, 0.717) is 10.0 Å². The van der Waals surface area contributed by atoms with Gasteiger partial charge in [0.05, 0.1) is 17.2 Å². The largest absolute Gasteiger partial charge is 0.497 e. The van der Waals surface area contributed by atoms with Crippen molar-refractivity contribution >= 4 is 23.2 Å². The van der Waals surface area contributed by atoms with Gasteiger partial charge in [-0.1, -0.05) is 47.5 Å². The minimum Gasteiger partial charge on any atom is -0.497 e. The zero-order chi connectivity index (χ0) is 15.4. The van der Waals surface area contributed by atoms with Crippen molar-refractivity contribution < 1.29 is 4.74 Å². The molecule has 2 aromatic rings. The van der Waals surface area contributed by atoms with Crippen LogP contribution in [0.1, 0.15) is 37.1 Å². The van der Waals surface area contributed by atoms with Gasteiger partial charge in [0.1, 0.15) is 5.75 Å². The van der Waals surface area contributed by atoms with E-state index >= 15 is 0 Å². The Balaban J connectivity index is 2.10. The molecule has 112 valence electrons. The summed E-state index contributed by atoms with van der Waals surface area (Å²) in [5, 5.41) is 4.73. The molecule has 0 heterocycles. The van der Waals surface area contributed by atoms with Gasteiger partial charge in [-0.3, -0.25) is 0 Å². The zero-order valence-electron chi connectivity index (χ0n) is 12.4. The van der Waals surface area contributed by atoms with Gasteiger partial charge in [0.15, 0.2) is 0 Å². The van der Waals surface area contributed by atoms with E-state index in [1.165, 1.54) is 5.56 Å². The third-order valence-electron chi connectivity index (χ3n) is 3.56. The van der Waals surface area contributed by atoms with E-state index in [-0.39, 0.29) is 12.1 Å². The van der Waals surface area contributed by atoms with Gasteiger partial charge in [0, 0.05) is 12.1 Å². The summed E-state index contributed by atoms with van der Waals surface area (Å²) < 4.78 is 5.18. The lowest BCUT2D eigenvalue weighted by molar-refractivity contribution is 0.414. The Hall–Kier alpha value is -1.22. The molecule has 0 saturated heterocycles. The number of rotatable bonds is 5. The molecule has 0 spiro atoms. The molecular formula is C17H19Cl2NO. The SMILES string of the molecule is COc1ccc([C@@H](C)NC(C)c2cccc(Cl)c2Cl)cc1. The average molecular weight is 324 g/mol. The van der Waals surface area contributed by atoms with Gasteiger partial charge in [-0.05, 0) is 43.2 Å². The first-order valence-electron chi connectivity index (χ1n) is 6.87. The van der Waals surface area contributed by atoms with Crippen LogP contribution in [-0.2, 0) is 0 Å². The van der Waals surface area contributed by atoms with Crippen molar-refractivity contribution in [2.45, 2.75) is 25.9 Å². The second-order valence-corrected chi connectivity index (χ2v) is 5.81. The van der Waals surface area contributed by atoms with Crippen LogP contribution in [0.4, 0.5) is 0 Å². The maximum absolute atomic E-state index is 6.27. The number of benzene rings is 2. The zero-order valence-corrected chi connectivity index (χ0v) is 13.9. The molecule has 0 radical (unpaired) electrons. The quantitative estimate of drug-likeness (QED) is 0.793. The average Bonchev–Trinajstić information content (AvgIpc) is 2.50. The minimum absolute atomic E-state index is 0.105. The number of methoxy groups -OCH3 is 1. The first kappa shape index (κ1) is 16.2. The summed E-state index contributed by atoms with van der Waals surface area (Å²) in [5.41, 5.74) is 2.20. The molecule has 0 aliphatic heterocycles. The highest BCUT2D eigenvalue weighted by Gasteiger charge is 2.15. The maximum Gasteiger partial charge on any atom is 0.118 e. The fourth-order valence-electron chi connectivity index (χ4n) is 2.31. The molecule has 1 N–H and O–H groups in total. The number of hydrogen-bond acceptors (Lipinski definition) is 2. The standard InChI is InChI=1S/C17H19Cl2NO/c1-11(13-7-9-14(21-3)10-8-13)20-12(2)15-5-4-6-16(18)17(15)19/h4-12,20H,1-3H3/t11-,12?/m1/s1. The fraction of sp³-hybridized carbons (Fsp3) is 0.294. The van der Waals surface area contributed by atoms with Crippen LogP contribution in [-0.4, -0.2) is 7.11 Å². The summed E-state index contributed by atoms with van der Waals surface area (Å²) in [5.74, 6) is 0.858. The number of halogens is 2. The van der Waals surface area contributed by atoms with E-state index in [9.17, 15) is 0 Å². The molecule has 0 amide bonds. The van der Waals surface area contributed by atoms with Crippen molar-refractivity contribution in [1.82, 2.24) is 5.32 Å². The molecule has 0 bridgehead atoms. The third kappa shape index (κ3) is 3.91. The topological polar surface area (TPSA) is 21.3 Å². The molecule has 0 aromatic heterocycles. The Morgan fingerprint density at radius 1 is 0.952 bits per heavy atom. The Labute approximate surface area is 136 Å². The Morgan fingerprint density at radius 2 is 1.62 bits per heavy atom. The van der Waals surface area contributed by atoms with Gasteiger partial charge < -0.3 is 10.1 Å². The van der Waals surface area contributed by atoms with Gasteiger partial charge in [0.2, 0.25) is 0 Å². The minimum atomic E-state index is 0.105. The molecule has 4 heteroatoms. The van der Waals surface area contributed by atoms with Crippen LogP contribution in [0.5, 0.6) is 5.75 Å². The highest BCUT2D eigenvalue weighted by Crippen LogP contribution is 2.31.